The Morgan fingerprint density at radius 3 is 2.15 bits per heavy atom. The van der Waals surface area contributed by atoms with Gasteiger partial charge in [0.2, 0.25) is 0 Å². The first kappa shape index (κ1) is 14.1. The van der Waals surface area contributed by atoms with Crippen molar-refractivity contribution in [2.75, 3.05) is 6.79 Å². The van der Waals surface area contributed by atoms with Crippen LogP contribution in [0, 0.1) is 23.7 Å². The number of rotatable bonds is 5. The van der Waals surface area contributed by atoms with Crippen molar-refractivity contribution in [1.29, 1.82) is 0 Å². The van der Waals surface area contributed by atoms with Crippen LogP contribution in [0.2, 0.25) is 0 Å². The molecule has 3 heteroatoms. The Kier molecular flexibility index (Phi) is 3.65. The summed E-state index contributed by atoms with van der Waals surface area (Å²) in [5.41, 5.74) is 0.396. The third-order valence-electron chi connectivity index (χ3n) is 5.94. The number of esters is 1. The number of carbonyl (C=O) groups is 1. The molecule has 0 amide bonds. The van der Waals surface area contributed by atoms with E-state index in [2.05, 4.69) is 13.5 Å². The summed E-state index contributed by atoms with van der Waals surface area (Å²) in [5, 5.41) is 0. The molecular weight excluding hydrogens is 252 g/mol. The fraction of sp³-hybridized carbons (Fsp3) is 0.824. The van der Waals surface area contributed by atoms with Gasteiger partial charge in [-0.25, -0.2) is 4.79 Å². The van der Waals surface area contributed by atoms with Gasteiger partial charge in [0.1, 0.15) is 0 Å². The van der Waals surface area contributed by atoms with Crippen LogP contribution >= 0.6 is 0 Å². The van der Waals surface area contributed by atoms with Crippen molar-refractivity contribution in [2.24, 2.45) is 23.7 Å². The summed E-state index contributed by atoms with van der Waals surface area (Å²) in [6, 6.07) is 0. The van der Waals surface area contributed by atoms with E-state index in [1.807, 2.05) is 0 Å². The topological polar surface area (TPSA) is 35.5 Å². The maximum Gasteiger partial charge on any atom is 0.335 e. The third kappa shape index (κ3) is 2.20. The average molecular weight is 278 g/mol. The molecule has 3 nitrogen and oxygen atoms in total. The first-order valence-corrected chi connectivity index (χ1v) is 8.01. The van der Waals surface area contributed by atoms with E-state index in [0.717, 1.165) is 18.3 Å². The van der Waals surface area contributed by atoms with Gasteiger partial charge in [-0.2, -0.15) is 0 Å². The van der Waals surface area contributed by atoms with Crippen LogP contribution in [0.4, 0.5) is 0 Å². The van der Waals surface area contributed by atoms with Gasteiger partial charge in [0.15, 0.2) is 6.79 Å². The van der Waals surface area contributed by atoms with E-state index in [1.54, 1.807) is 6.92 Å². The molecule has 0 aliphatic heterocycles. The Hall–Kier alpha value is -0.830. The molecule has 0 atom stereocenters. The molecule has 4 aliphatic carbocycles. The van der Waals surface area contributed by atoms with Crippen LogP contribution in [0.15, 0.2) is 12.2 Å². The first-order valence-electron chi connectivity index (χ1n) is 8.01. The maximum absolute atomic E-state index is 11.5. The van der Waals surface area contributed by atoms with E-state index in [4.69, 9.17) is 9.47 Å². The molecule has 0 aromatic carbocycles. The molecule has 0 spiro atoms. The van der Waals surface area contributed by atoms with Gasteiger partial charge in [0.05, 0.1) is 5.60 Å². The smallest absolute Gasteiger partial charge is 0.335 e. The van der Waals surface area contributed by atoms with Crippen LogP contribution in [0.5, 0.6) is 0 Å². The van der Waals surface area contributed by atoms with Crippen molar-refractivity contribution in [3.05, 3.63) is 12.2 Å². The van der Waals surface area contributed by atoms with Crippen molar-refractivity contribution in [2.45, 2.75) is 58.0 Å². The van der Waals surface area contributed by atoms with Gasteiger partial charge in [-0.3, -0.25) is 0 Å². The minimum atomic E-state index is -0.347. The van der Waals surface area contributed by atoms with Gasteiger partial charge in [-0.15, -0.1) is 0 Å². The van der Waals surface area contributed by atoms with Crippen LogP contribution in [0.25, 0.3) is 0 Å². The van der Waals surface area contributed by atoms with Crippen LogP contribution < -0.4 is 0 Å². The summed E-state index contributed by atoms with van der Waals surface area (Å²) in [6.07, 6.45) is 7.74. The minimum absolute atomic E-state index is 0.0389. The molecule has 0 radical (unpaired) electrons. The predicted molar refractivity (Wildman–Crippen MR) is 76.9 cm³/mol. The second-order valence-electron chi connectivity index (χ2n) is 7.09. The van der Waals surface area contributed by atoms with Gasteiger partial charge in [0.25, 0.3) is 0 Å². The molecule has 20 heavy (non-hydrogen) atoms. The highest BCUT2D eigenvalue weighted by Crippen LogP contribution is 2.60. The minimum Gasteiger partial charge on any atom is -0.435 e. The molecule has 0 heterocycles. The predicted octanol–water partition coefficient (Wildman–Crippen LogP) is 3.68. The van der Waals surface area contributed by atoms with E-state index in [0.29, 0.717) is 17.4 Å². The van der Waals surface area contributed by atoms with Gasteiger partial charge in [0, 0.05) is 5.57 Å². The zero-order chi connectivity index (χ0) is 14.3. The highest BCUT2D eigenvalue weighted by Gasteiger charge is 2.57. The number of carbonyl (C=O) groups excluding carboxylic acids is 1. The van der Waals surface area contributed by atoms with Crippen molar-refractivity contribution in [3.8, 4) is 0 Å². The highest BCUT2D eigenvalue weighted by molar-refractivity contribution is 5.86. The summed E-state index contributed by atoms with van der Waals surface area (Å²) in [6.45, 7) is 7.58. The average Bonchev–Trinajstić information content (AvgIpc) is 2.41. The molecule has 0 unspecified atom stereocenters. The molecule has 4 fully saturated rings. The zero-order valence-corrected chi connectivity index (χ0v) is 12.7. The summed E-state index contributed by atoms with van der Waals surface area (Å²) in [7, 11) is 0. The number of hydrogen-bond donors (Lipinski definition) is 0. The van der Waals surface area contributed by atoms with Gasteiger partial charge in [-0.05, 0) is 69.1 Å². The standard InChI is InChI=1S/C17H26O3/c1-4-17(20-10-19-16(18)11(2)3)14-6-12-5-13(8-14)9-15(17)7-12/h12-15H,2,4-10H2,1,3H3. The molecule has 4 rings (SSSR count). The second kappa shape index (κ2) is 5.18. The summed E-state index contributed by atoms with van der Waals surface area (Å²) >= 11 is 0. The quantitative estimate of drug-likeness (QED) is 0.437. The first-order chi connectivity index (χ1) is 9.55. The Morgan fingerprint density at radius 2 is 1.70 bits per heavy atom. The largest absolute Gasteiger partial charge is 0.435 e. The fourth-order valence-corrected chi connectivity index (χ4v) is 5.21. The molecule has 4 bridgehead atoms. The Balaban J connectivity index is 1.66. The molecule has 4 aliphatic rings. The third-order valence-corrected chi connectivity index (χ3v) is 5.94. The van der Waals surface area contributed by atoms with E-state index in [9.17, 15) is 4.79 Å². The van der Waals surface area contributed by atoms with Crippen LogP contribution in [-0.4, -0.2) is 18.4 Å². The highest BCUT2D eigenvalue weighted by atomic mass is 16.7. The summed E-state index contributed by atoms with van der Waals surface area (Å²) < 4.78 is 11.4. The summed E-state index contributed by atoms with van der Waals surface area (Å²) in [4.78, 5) is 11.5. The van der Waals surface area contributed by atoms with Crippen molar-refractivity contribution < 1.29 is 14.3 Å². The molecule has 0 N–H and O–H groups in total. The fourth-order valence-electron chi connectivity index (χ4n) is 5.21. The lowest BCUT2D eigenvalue weighted by Crippen LogP contribution is -2.58. The van der Waals surface area contributed by atoms with Gasteiger partial charge < -0.3 is 9.47 Å². The van der Waals surface area contributed by atoms with Gasteiger partial charge >= 0.3 is 5.97 Å². The van der Waals surface area contributed by atoms with E-state index < -0.39 is 0 Å². The van der Waals surface area contributed by atoms with Crippen LogP contribution in [-0.2, 0) is 14.3 Å². The van der Waals surface area contributed by atoms with Crippen LogP contribution in [0.3, 0.4) is 0 Å². The zero-order valence-electron chi connectivity index (χ0n) is 12.7. The van der Waals surface area contributed by atoms with E-state index >= 15 is 0 Å². The Bertz CT molecular complexity index is 384. The van der Waals surface area contributed by atoms with Crippen molar-refractivity contribution >= 4 is 5.97 Å². The monoisotopic (exact) mass is 278 g/mol. The lowest BCUT2D eigenvalue weighted by Gasteiger charge is -2.60. The van der Waals surface area contributed by atoms with Crippen LogP contribution in [0.1, 0.15) is 52.4 Å². The summed E-state index contributed by atoms with van der Waals surface area (Å²) in [5.74, 6) is 2.86. The molecule has 4 saturated carbocycles. The Labute approximate surface area is 121 Å². The van der Waals surface area contributed by atoms with E-state index in [-0.39, 0.29) is 18.4 Å². The van der Waals surface area contributed by atoms with E-state index in [1.165, 1.54) is 32.1 Å². The molecule has 112 valence electrons. The Morgan fingerprint density at radius 1 is 1.15 bits per heavy atom. The molecule has 0 aromatic rings. The van der Waals surface area contributed by atoms with Crippen molar-refractivity contribution in [1.82, 2.24) is 0 Å². The number of ether oxygens (including phenoxy) is 2. The van der Waals surface area contributed by atoms with Crippen molar-refractivity contribution in [3.63, 3.8) is 0 Å². The lowest BCUT2D eigenvalue weighted by molar-refractivity contribution is -0.239. The second-order valence-corrected chi connectivity index (χ2v) is 7.09. The normalized spacial score (nSPS) is 41.7. The van der Waals surface area contributed by atoms with Gasteiger partial charge in [-0.1, -0.05) is 13.5 Å². The SMILES string of the molecule is C=C(C)C(=O)OCOC1(CC)C2CC3CC(C2)CC1C3. The molecule has 0 aromatic heterocycles. The lowest BCUT2D eigenvalue weighted by atomic mass is 9.49. The molecular formula is C17H26O3. The molecule has 0 saturated heterocycles. The number of hydrogen-bond acceptors (Lipinski definition) is 3. The maximum atomic E-state index is 11.5.